The molecule has 0 saturated carbocycles. The largest absolute Gasteiger partial charge is 0.345 e. The molecule has 0 aliphatic heterocycles. The van der Waals surface area contributed by atoms with E-state index in [0.29, 0.717) is 0 Å². The zero-order chi connectivity index (χ0) is 14.7. The number of nitrogens with zero attached hydrogens (tertiary/aromatic N) is 3. The van der Waals surface area contributed by atoms with E-state index in [4.69, 9.17) is 0 Å². The van der Waals surface area contributed by atoms with Gasteiger partial charge in [0, 0.05) is 18.1 Å². The average Bonchev–Trinajstić information content (AvgIpc) is 2.86. The fourth-order valence-corrected chi connectivity index (χ4v) is 2.46. The Morgan fingerprint density at radius 1 is 0.952 bits per heavy atom. The molecule has 0 unspecified atom stereocenters. The van der Waals surface area contributed by atoms with Crippen molar-refractivity contribution in [3.05, 3.63) is 60.3 Å². The third-order valence-electron chi connectivity index (χ3n) is 3.54. The fraction of sp³-hybridized carbons (Fsp3) is 0.222. The molecule has 0 saturated heterocycles. The first-order valence-electron chi connectivity index (χ1n) is 7.34. The van der Waals surface area contributed by atoms with Gasteiger partial charge in [0.2, 0.25) is 0 Å². The molecule has 3 rings (SSSR count). The van der Waals surface area contributed by atoms with Crippen molar-refractivity contribution in [3.63, 3.8) is 0 Å². The summed E-state index contributed by atoms with van der Waals surface area (Å²) in [5, 5.41) is 9.95. The SMILES string of the molecule is CCCn1cc(/N=N/c2ccc(C)cc2)c2ccccc21. The molecule has 0 spiro atoms. The Balaban J connectivity index is 1.98. The van der Waals surface area contributed by atoms with Gasteiger partial charge in [-0.3, -0.25) is 0 Å². The normalized spacial score (nSPS) is 11.5. The van der Waals surface area contributed by atoms with Crippen LogP contribution in [-0.2, 0) is 6.54 Å². The number of hydrogen-bond donors (Lipinski definition) is 0. The summed E-state index contributed by atoms with van der Waals surface area (Å²) in [6, 6.07) is 16.4. The predicted octanol–water partition coefficient (Wildman–Crippen LogP) is 5.78. The van der Waals surface area contributed by atoms with Crippen molar-refractivity contribution in [2.24, 2.45) is 10.2 Å². The standard InChI is InChI=1S/C18H19N3/c1-3-12-21-13-17(16-6-4-5-7-18(16)21)20-19-15-10-8-14(2)9-11-15/h4-11,13H,3,12H2,1-2H3/b20-19+. The number of azo groups is 1. The van der Waals surface area contributed by atoms with E-state index in [1.54, 1.807) is 0 Å². The topological polar surface area (TPSA) is 29.6 Å². The smallest absolute Gasteiger partial charge is 0.111 e. The maximum absolute atomic E-state index is 4.44. The van der Waals surface area contributed by atoms with Gasteiger partial charge >= 0.3 is 0 Å². The second-order valence-electron chi connectivity index (χ2n) is 5.26. The molecule has 106 valence electrons. The minimum Gasteiger partial charge on any atom is -0.345 e. The third-order valence-corrected chi connectivity index (χ3v) is 3.54. The first-order chi connectivity index (χ1) is 10.3. The molecule has 3 nitrogen and oxygen atoms in total. The number of rotatable bonds is 4. The van der Waals surface area contributed by atoms with Crippen LogP contribution >= 0.6 is 0 Å². The lowest BCUT2D eigenvalue weighted by molar-refractivity contribution is 0.703. The highest BCUT2D eigenvalue weighted by molar-refractivity contribution is 5.91. The van der Waals surface area contributed by atoms with Crippen molar-refractivity contribution in [3.8, 4) is 0 Å². The van der Waals surface area contributed by atoms with Gasteiger partial charge in [-0.15, -0.1) is 5.11 Å². The lowest BCUT2D eigenvalue weighted by atomic mass is 10.2. The fourth-order valence-electron chi connectivity index (χ4n) is 2.46. The van der Waals surface area contributed by atoms with Crippen LogP contribution in [0.4, 0.5) is 11.4 Å². The number of aromatic nitrogens is 1. The summed E-state index contributed by atoms with van der Waals surface area (Å²) in [6.07, 6.45) is 3.19. The Kier molecular flexibility index (Phi) is 3.82. The summed E-state index contributed by atoms with van der Waals surface area (Å²) in [6.45, 7) is 5.25. The van der Waals surface area contributed by atoms with Crippen LogP contribution in [0.25, 0.3) is 10.9 Å². The van der Waals surface area contributed by atoms with E-state index in [9.17, 15) is 0 Å². The third kappa shape index (κ3) is 2.87. The summed E-state index contributed by atoms with van der Waals surface area (Å²) < 4.78 is 2.25. The summed E-state index contributed by atoms with van der Waals surface area (Å²) in [4.78, 5) is 0. The van der Waals surface area contributed by atoms with Crippen molar-refractivity contribution in [2.45, 2.75) is 26.8 Å². The quantitative estimate of drug-likeness (QED) is 0.541. The van der Waals surface area contributed by atoms with Gasteiger partial charge in [0.15, 0.2) is 0 Å². The predicted molar refractivity (Wildman–Crippen MR) is 87.6 cm³/mol. The van der Waals surface area contributed by atoms with Crippen LogP contribution in [0.5, 0.6) is 0 Å². The zero-order valence-corrected chi connectivity index (χ0v) is 12.5. The van der Waals surface area contributed by atoms with Crippen molar-refractivity contribution in [2.75, 3.05) is 0 Å². The van der Waals surface area contributed by atoms with E-state index in [-0.39, 0.29) is 0 Å². The van der Waals surface area contributed by atoms with E-state index in [2.05, 4.69) is 65.2 Å². The molecule has 0 bridgehead atoms. The first-order valence-corrected chi connectivity index (χ1v) is 7.34. The van der Waals surface area contributed by atoms with Gasteiger partial charge in [-0.05, 0) is 31.5 Å². The average molecular weight is 277 g/mol. The highest BCUT2D eigenvalue weighted by Crippen LogP contribution is 2.30. The molecule has 21 heavy (non-hydrogen) atoms. The maximum Gasteiger partial charge on any atom is 0.111 e. The Bertz CT molecular complexity index is 767. The monoisotopic (exact) mass is 277 g/mol. The molecule has 0 radical (unpaired) electrons. The van der Waals surface area contributed by atoms with E-state index >= 15 is 0 Å². The molecule has 2 aromatic carbocycles. The van der Waals surface area contributed by atoms with Gasteiger partial charge in [-0.2, -0.15) is 5.11 Å². The van der Waals surface area contributed by atoms with E-state index in [0.717, 1.165) is 29.7 Å². The molecule has 1 heterocycles. The maximum atomic E-state index is 4.44. The second-order valence-corrected chi connectivity index (χ2v) is 5.26. The van der Waals surface area contributed by atoms with Crippen LogP contribution in [0, 0.1) is 6.92 Å². The molecule has 0 atom stereocenters. The molecule has 0 N–H and O–H groups in total. The first kappa shape index (κ1) is 13.6. The number of fused-ring (bicyclic) bond motifs is 1. The number of hydrogen-bond acceptors (Lipinski definition) is 2. The lowest BCUT2D eigenvalue weighted by Crippen LogP contribution is -1.92. The van der Waals surface area contributed by atoms with Gasteiger partial charge in [-0.25, -0.2) is 0 Å². The van der Waals surface area contributed by atoms with Crippen LogP contribution in [0.3, 0.4) is 0 Å². The van der Waals surface area contributed by atoms with Crippen LogP contribution in [0.1, 0.15) is 18.9 Å². The minimum atomic E-state index is 0.882. The van der Waals surface area contributed by atoms with Crippen molar-refractivity contribution < 1.29 is 0 Å². The Morgan fingerprint density at radius 2 is 1.71 bits per heavy atom. The molecule has 3 heteroatoms. The van der Waals surface area contributed by atoms with E-state index in [1.807, 2.05) is 18.2 Å². The highest BCUT2D eigenvalue weighted by Gasteiger charge is 2.06. The molecule has 0 aliphatic carbocycles. The molecule has 3 aromatic rings. The van der Waals surface area contributed by atoms with E-state index in [1.165, 1.54) is 11.1 Å². The summed E-state index contributed by atoms with van der Waals surface area (Å²) in [5.41, 5.74) is 4.26. The number of benzene rings is 2. The van der Waals surface area contributed by atoms with Gasteiger partial charge in [0.1, 0.15) is 5.69 Å². The number of para-hydroxylation sites is 1. The summed E-state index contributed by atoms with van der Waals surface area (Å²) in [5.74, 6) is 0. The van der Waals surface area contributed by atoms with Crippen LogP contribution in [0.15, 0.2) is 65.0 Å². The molecular weight excluding hydrogens is 258 g/mol. The van der Waals surface area contributed by atoms with Gasteiger partial charge < -0.3 is 4.57 Å². The van der Waals surface area contributed by atoms with Gasteiger partial charge in [0.05, 0.1) is 11.2 Å². The Hall–Kier alpha value is -2.42. The van der Waals surface area contributed by atoms with E-state index < -0.39 is 0 Å². The molecule has 0 fully saturated rings. The molecule has 0 amide bonds. The van der Waals surface area contributed by atoms with Crippen LogP contribution < -0.4 is 0 Å². The van der Waals surface area contributed by atoms with Crippen LogP contribution in [-0.4, -0.2) is 4.57 Å². The van der Waals surface area contributed by atoms with Gasteiger partial charge in [0.25, 0.3) is 0 Å². The number of aryl methyl sites for hydroxylation is 2. The van der Waals surface area contributed by atoms with Crippen molar-refractivity contribution in [1.82, 2.24) is 4.57 Å². The summed E-state index contributed by atoms with van der Waals surface area (Å²) in [7, 11) is 0. The van der Waals surface area contributed by atoms with Crippen molar-refractivity contribution >= 4 is 22.3 Å². The van der Waals surface area contributed by atoms with Gasteiger partial charge in [-0.1, -0.05) is 42.8 Å². The summed E-state index contributed by atoms with van der Waals surface area (Å²) >= 11 is 0. The minimum absolute atomic E-state index is 0.882. The molecular formula is C18H19N3. The lowest BCUT2D eigenvalue weighted by Gasteiger charge is -2.00. The molecule has 1 aromatic heterocycles. The molecule has 0 aliphatic rings. The highest BCUT2D eigenvalue weighted by atomic mass is 15.1. The second kappa shape index (κ2) is 5.92. The Labute approximate surface area is 124 Å². The van der Waals surface area contributed by atoms with Crippen molar-refractivity contribution in [1.29, 1.82) is 0 Å². The zero-order valence-electron chi connectivity index (χ0n) is 12.5. The Morgan fingerprint density at radius 3 is 2.48 bits per heavy atom. The van der Waals surface area contributed by atoms with Crippen LogP contribution in [0.2, 0.25) is 0 Å².